The maximum Gasteiger partial charge on any atom is -0.00172 e. The summed E-state index contributed by atoms with van der Waals surface area (Å²) in [5, 5.41) is 3.57. The lowest BCUT2D eigenvalue weighted by atomic mass is 9.84. The molecule has 0 amide bonds. The van der Waals surface area contributed by atoms with E-state index in [2.05, 4.69) is 32.2 Å². The third-order valence-electron chi connectivity index (χ3n) is 3.02. The van der Waals surface area contributed by atoms with Gasteiger partial charge in [-0.1, -0.05) is 31.9 Å². The molecule has 0 aliphatic heterocycles. The normalized spacial score (nSPS) is 27.5. The van der Waals surface area contributed by atoms with Gasteiger partial charge in [0.25, 0.3) is 0 Å². The quantitative estimate of drug-likeness (QED) is 0.524. The number of unbranched alkanes of at least 4 members (excludes halogenated alkanes) is 1. The van der Waals surface area contributed by atoms with Crippen LogP contribution in [0.25, 0.3) is 0 Å². The smallest absolute Gasteiger partial charge is 0.00172 e. The van der Waals surface area contributed by atoms with Crippen molar-refractivity contribution in [2.45, 2.75) is 46.5 Å². The van der Waals surface area contributed by atoms with Crippen LogP contribution < -0.4 is 5.32 Å². The molecule has 0 aromatic rings. The van der Waals surface area contributed by atoms with Crippen LogP contribution in [-0.4, -0.2) is 13.1 Å². The molecule has 0 heterocycles. The molecule has 0 radical (unpaired) electrons. The van der Waals surface area contributed by atoms with Gasteiger partial charge in [0.15, 0.2) is 0 Å². The maximum atomic E-state index is 3.57. The fourth-order valence-electron chi connectivity index (χ4n) is 2.45. The summed E-state index contributed by atoms with van der Waals surface area (Å²) in [4.78, 5) is 0. The van der Waals surface area contributed by atoms with Crippen LogP contribution in [0.4, 0.5) is 0 Å². The molecule has 1 aliphatic carbocycles. The molecular formula is C13H25N. The van der Waals surface area contributed by atoms with Crippen LogP contribution in [0.3, 0.4) is 0 Å². The second kappa shape index (κ2) is 6.23. The van der Waals surface area contributed by atoms with Gasteiger partial charge in [-0.15, -0.1) is 0 Å². The molecule has 0 saturated heterocycles. The van der Waals surface area contributed by atoms with Crippen molar-refractivity contribution in [1.29, 1.82) is 0 Å². The molecule has 1 heteroatoms. The molecule has 0 bridgehead atoms. The van der Waals surface area contributed by atoms with Gasteiger partial charge in [-0.3, -0.25) is 0 Å². The molecule has 0 aromatic carbocycles. The minimum Gasteiger partial charge on any atom is -0.316 e. The summed E-state index contributed by atoms with van der Waals surface area (Å²) in [5.74, 6) is 1.67. The lowest BCUT2D eigenvalue weighted by Crippen LogP contribution is -2.26. The molecule has 0 saturated carbocycles. The maximum absolute atomic E-state index is 3.57. The summed E-state index contributed by atoms with van der Waals surface area (Å²) in [6.07, 6.45) is 7.73. The summed E-state index contributed by atoms with van der Waals surface area (Å²) >= 11 is 0. The summed E-state index contributed by atoms with van der Waals surface area (Å²) < 4.78 is 0. The van der Waals surface area contributed by atoms with Gasteiger partial charge < -0.3 is 5.32 Å². The van der Waals surface area contributed by atoms with Crippen LogP contribution >= 0.6 is 0 Å². The molecule has 0 fully saturated rings. The molecule has 2 atom stereocenters. The van der Waals surface area contributed by atoms with Crippen LogP contribution in [0.1, 0.15) is 46.5 Å². The first-order valence-electron chi connectivity index (χ1n) is 6.10. The molecule has 1 nitrogen and oxygen atoms in total. The Morgan fingerprint density at radius 3 is 2.93 bits per heavy atom. The largest absolute Gasteiger partial charge is 0.316 e. The molecule has 1 rings (SSSR count). The monoisotopic (exact) mass is 195 g/mol. The Hall–Kier alpha value is -0.300. The molecule has 14 heavy (non-hydrogen) atoms. The molecular weight excluding hydrogens is 170 g/mol. The summed E-state index contributed by atoms with van der Waals surface area (Å²) in [5.41, 5.74) is 1.59. The minimum absolute atomic E-state index is 0.793. The summed E-state index contributed by atoms with van der Waals surface area (Å²) in [7, 11) is 0. The van der Waals surface area contributed by atoms with E-state index in [1.165, 1.54) is 38.8 Å². The van der Waals surface area contributed by atoms with E-state index in [0.717, 1.165) is 11.8 Å². The molecule has 0 spiro atoms. The predicted molar refractivity (Wildman–Crippen MR) is 63.4 cm³/mol. The average molecular weight is 195 g/mol. The first-order chi connectivity index (χ1) is 6.72. The second-order valence-corrected chi connectivity index (χ2v) is 4.85. The molecule has 0 aromatic heterocycles. The Labute approximate surface area is 89.0 Å². The number of allylic oxidation sites excluding steroid dienone is 2. The van der Waals surface area contributed by atoms with Crippen molar-refractivity contribution >= 4 is 0 Å². The highest BCUT2D eigenvalue weighted by atomic mass is 14.9. The van der Waals surface area contributed by atoms with E-state index < -0.39 is 0 Å². The minimum atomic E-state index is 0.793. The van der Waals surface area contributed by atoms with E-state index in [1.54, 1.807) is 5.57 Å². The second-order valence-electron chi connectivity index (χ2n) is 4.85. The summed E-state index contributed by atoms with van der Waals surface area (Å²) in [6, 6.07) is 0. The van der Waals surface area contributed by atoms with E-state index >= 15 is 0 Å². The zero-order valence-corrected chi connectivity index (χ0v) is 9.97. The predicted octanol–water partition coefficient (Wildman–Crippen LogP) is 3.37. The van der Waals surface area contributed by atoms with Crippen LogP contribution in [-0.2, 0) is 0 Å². The van der Waals surface area contributed by atoms with Crippen molar-refractivity contribution in [3.8, 4) is 0 Å². The van der Waals surface area contributed by atoms with Gasteiger partial charge in [0, 0.05) is 0 Å². The van der Waals surface area contributed by atoms with Crippen molar-refractivity contribution in [2.24, 2.45) is 11.8 Å². The van der Waals surface area contributed by atoms with Crippen molar-refractivity contribution in [3.63, 3.8) is 0 Å². The van der Waals surface area contributed by atoms with Crippen LogP contribution in [0.5, 0.6) is 0 Å². The number of nitrogens with one attached hydrogen (secondary N) is 1. The van der Waals surface area contributed by atoms with E-state index in [9.17, 15) is 0 Å². The van der Waals surface area contributed by atoms with Gasteiger partial charge in [0.2, 0.25) is 0 Å². The van der Waals surface area contributed by atoms with Crippen molar-refractivity contribution in [2.75, 3.05) is 13.1 Å². The van der Waals surface area contributed by atoms with Gasteiger partial charge in [-0.05, 0) is 51.1 Å². The first kappa shape index (κ1) is 11.8. The zero-order valence-electron chi connectivity index (χ0n) is 9.97. The highest BCUT2D eigenvalue weighted by Gasteiger charge is 2.17. The molecule has 1 N–H and O–H groups in total. The van der Waals surface area contributed by atoms with E-state index in [0.29, 0.717) is 0 Å². The van der Waals surface area contributed by atoms with Crippen LogP contribution in [0.15, 0.2) is 11.6 Å². The Kier molecular flexibility index (Phi) is 5.24. The Morgan fingerprint density at radius 2 is 2.29 bits per heavy atom. The van der Waals surface area contributed by atoms with Gasteiger partial charge in [0.1, 0.15) is 0 Å². The number of rotatable bonds is 5. The molecule has 82 valence electrons. The Balaban J connectivity index is 2.16. The highest BCUT2D eigenvalue weighted by molar-refractivity contribution is 5.06. The molecule has 2 unspecified atom stereocenters. The topological polar surface area (TPSA) is 12.0 Å². The van der Waals surface area contributed by atoms with Gasteiger partial charge >= 0.3 is 0 Å². The number of hydrogen-bond donors (Lipinski definition) is 1. The SMILES string of the molecule is CCCCNCC1CC(C)=CC(C)C1. The zero-order chi connectivity index (χ0) is 10.4. The van der Waals surface area contributed by atoms with Crippen molar-refractivity contribution in [3.05, 3.63) is 11.6 Å². The highest BCUT2D eigenvalue weighted by Crippen LogP contribution is 2.27. The molecule has 1 aliphatic rings. The van der Waals surface area contributed by atoms with Crippen LogP contribution in [0, 0.1) is 11.8 Å². The Bertz CT molecular complexity index is 184. The van der Waals surface area contributed by atoms with Gasteiger partial charge in [0.05, 0.1) is 0 Å². The standard InChI is InChI=1S/C13H25N/c1-4-5-6-14-10-13-8-11(2)7-12(3)9-13/h7,11,13-14H,4-6,8-10H2,1-3H3. The van der Waals surface area contributed by atoms with E-state index in [-0.39, 0.29) is 0 Å². The van der Waals surface area contributed by atoms with Crippen molar-refractivity contribution < 1.29 is 0 Å². The lowest BCUT2D eigenvalue weighted by Gasteiger charge is -2.25. The lowest BCUT2D eigenvalue weighted by molar-refractivity contribution is 0.381. The third kappa shape index (κ3) is 4.28. The summed E-state index contributed by atoms with van der Waals surface area (Å²) in [6.45, 7) is 9.27. The Morgan fingerprint density at radius 1 is 1.50 bits per heavy atom. The first-order valence-corrected chi connectivity index (χ1v) is 6.10. The fourth-order valence-corrected chi connectivity index (χ4v) is 2.45. The van der Waals surface area contributed by atoms with Gasteiger partial charge in [-0.25, -0.2) is 0 Å². The third-order valence-corrected chi connectivity index (χ3v) is 3.02. The van der Waals surface area contributed by atoms with Crippen molar-refractivity contribution in [1.82, 2.24) is 5.32 Å². The van der Waals surface area contributed by atoms with Gasteiger partial charge in [-0.2, -0.15) is 0 Å². The van der Waals surface area contributed by atoms with Crippen LogP contribution in [0.2, 0.25) is 0 Å². The number of hydrogen-bond acceptors (Lipinski definition) is 1. The van der Waals surface area contributed by atoms with E-state index in [1.807, 2.05) is 0 Å². The average Bonchev–Trinajstić information content (AvgIpc) is 2.11. The fraction of sp³-hybridized carbons (Fsp3) is 0.846. The van der Waals surface area contributed by atoms with E-state index in [4.69, 9.17) is 0 Å².